The minimum atomic E-state index is -1.25. The van der Waals surface area contributed by atoms with Gasteiger partial charge in [0.1, 0.15) is 12.7 Å². The van der Waals surface area contributed by atoms with Crippen LogP contribution < -0.4 is 23.7 Å². The van der Waals surface area contributed by atoms with Gasteiger partial charge in [0.15, 0.2) is 29.1 Å². The lowest BCUT2D eigenvalue weighted by atomic mass is 10.0. The average Bonchev–Trinajstić information content (AvgIpc) is 2.93. The largest absolute Gasteiger partial charge is 0.493 e. The molecule has 0 saturated heterocycles. The first-order chi connectivity index (χ1) is 17.4. The van der Waals surface area contributed by atoms with Gasteiger partial charge in [-0.15, -0.1) is 0 Å². The highest BCUT2D eigenvalue weighted by atomic mass is 16.6. The summed E-state index contributed by atoms with van der Waals surface area (Å²) in [6.07, 6.45) is -2.35. The lowest BCUT2D eigenvalue weighted by Crippen LogP contribution is -2.29. The van der Waals surface area contributed by atoms with Gasteiger partial charge in [0.05, 0.1) is 40.6 Å². The van der Waals surface area contributed by atoms with Gasteiger partial charge in [-0.3, -0.25) is 0 Å². The first-order valence-electron chi connectivity index (χ1n) is 11.1. The summed E-state index contributed by atoms with van der Waals surface area (Å²) in [6.45, 7) is -0.177. The van der Waals surface area contributed by atoms with E-state index in [9.17, 15) is 15.0 Å². The molecule has 0 aromatic heterocycles. The molecule has 9 heteroatoms. The number of aliphatic hydroxyl groups excluding tert-OH is 2. The van der Waals surface area contributed by atoms with Crippen LogP contribution in [0.5, 0.6) is 28.7 Å². The lowest BCUT2D eigenvalue weighted by molar-refractivity contribution is -0.00179. The van der Waals surface area contributed by atoms with Crippen molar-refractivity contribution in [1.29, 1.82) is 0 Å². The maximum absolute atomic E-state index is 12.0. The Labute approximate surface area is 209 Å². The standard InChI is InChI=1S/C27H30O9/c1-31-21-12-18(10-11-20(21)35-16-17-8-6-5-7-9-17)25(29)24(15-28)36-26-22(32-2)13-19(27(30)34-4)14-23(26)33-3/h5-14,24-25,28-29H,15-16H2,1-4H3/t24-,25-/m0/s1. The second-order valence-corrected chi connectivity index (χ2v) is 7.67. The number of carbonyl (C=O) groups is 1. The summed E-state index contributed by atoms with van der Waals surface area (Å²) >= 11 is 0. The molecule has 0 aliphatic heterocycles. The van der Waals surface area contributed by atoms with Gasteiger partial charge in [0.25, 0.3) is 0 Å². The van der Waals surface area contributed by atoms with E-state index in [-0.39, 0.29) is 22.8 Å². The van der Waals surface area contributed by atoms with Crippen LogP contribution in [0.25, 0.3) is 0 Å². The van der Waals surface area contributed by atoms with Crippen molar-refractivity contribution in [3.63, 3.8) is 0 Å². The summed E-state index contributed by atoms with van der Waals surface area (Å²) in [5.74, 6) is 0.779. The van der Waals surface area contributed by atoms with E-state index in [2.05, 4.69) is 0 Å². The van der Waals surface area contributed by atoms with Crippen molar-refractivity contribution in [2.45, 2.75) is 18.8 Å². The molecule has 36 heavy (non-hydrogen) atoms. The SMILES string of the molecule is COC(=O)c1cc(OC)c(O[C@@H](CO)[C@@H](O)c2ccc(OCc3ccccc3)c(OC)c2)c(OC)c1. The van der Waals surface area contributed by atoms with Gasteiger partial charge in [-0.1, -0.05) is 36.4 Å². The molecule has 0 radical (unpaired) electrons. The van der Waals surface area contributed by atoms with Crippen molar-refractivity contribution in [2.24, 2.45) is 0 Å². The van der Waals surface area contributed by atoms with Gasteiger partial charge in [-0.2, -0.15) is 0 Å². The van der Waals surface area contributed by atoms with Gasteiger partial charge >= 0.3 is 5.97 Å². The van der Waals surface area contributed by atoms with Crippen molar-refractivity contribution < 1.29 is 43.4 Å². The van der Waals surface area contributed by atoms with Crippen molar-refractivity contribution in [2.75, 3.05) is 35.0 Å². The van der Waals surface area contributed by atoms with Gasteiger partial charge in [-0.25, -0.2) is 4.79 Å². The molecule has 192 valence electrons. The van der Waals surface area contributed by atoms with E-state index < -0.39 is 24.8 Å². The summed E-state index contributed by atoms with van der Waals surface area (Å²) in [5, 5.41) is 21.1. The number of rotatable bonds is 12. The first kappa shape index (κ1) is 26.7. The molecule has 3 aromatic carbocycles. The number of ether oxygens (including phenoxy) is 6. The molecule has 2 N–H and O–H groups in total. The first-order valence-corrected chi connectivity index (χ1v) is 11.1. The number of esters is 1. The highest BCUT2D eigenvalue weighted by molar-refractivity contribution is 5.91. The van der Waals surface area contributed by atoms with Crippen molar-refractivity contribution >= 4 is 5.97 Å². The van der Waals surface area contributed by atoms with Gasteiger partial charge in [0, 0.05) is 0 Å². The molecule has 9 nitrogen and oxygen atoms in total. The van der Waals surface area contributed by atoms with Gasteiger partial charge in [0.2, 0.25) is 5.75 Å². The second-order valence-electron chi connectivity index (χ2n) is 7.67. The molecule has 0 saturated carbocycles. The number of benzene rings is 3. The van der Waals surface area contributed by atoms with E-state index >= 15 is 0 Å². The normalized spacial score (nSPS) is 12.3. The van der Waals surface area contributed by atoms with Crippen LogP contribution in [0, 0.1) is 0 Å². The minimum Gasteiger partial charge on any atom is -0.493 e. The van der Waals surface area contributed by atoms with Crippen LogP contribution in [0.4, 0.5) is 0 Å². The molecular formula is C27H30O9. The molecule has 0 aliphatic carbocycles. The summed E-state index contributed by atoms with van der Waals surface area (Å²) in [5.41, 5.74) is 1.62. The zero-order chi connectivity index (χ0) is 26.1. The molecule has 0 spiro atoms. The Morgan fingerprint density at radius 3 is 2.03 bits per heavy atom. The van der Waals surface area contributed by atoms with Crippen molar-refractivity contribution in [3.05, 3.63) is 77.4 Å². The molecule has 3 rings (SSSR count). The molecule has 0 amide bonds. The molecule has 0 fully saturated rings. The number of hydrogen-bond donors (Lipinski definition) is 2. The Morgan fingerprint density at radius 2 is 1.47 bits per heavy atom. The van der Waals surface area contributed by atoms with Crippen LogP contribution in [0.2, 0.25) is 0 Å². The number of methoxy groups -OCH3 is 4. The van der Waals surface area contributed by atoms with E-state index in [1.165, 1.54) is 40.6 Å². The lowest BCUT2D eigenvalue weighted by Gasteiger charge is -2.25. The van der Waals surface area contributed by atoms with Crippen molar-refractivity contribution in [3.8, 4) is 28.7 Å². The zero-order valence-corrected chi connectivity index (χ0v) is 20.6. The fourth-order valence-electron chi connectivity index (χ4n) is 3.52. The fraction of sp³-hybridized carbons (Fsp3) is 0.296. The Balaban J connectivity index is 1.83. The summed E-state index contributed by atoms with van der Waals surface area (Å²) in [4.78, 5) is 12.0. The van der Waals surface area contributed by atoms with Gasteiger partial charge in [-0.05, 0) is 35.4 Å². The van der Waals surface area contributed by atoms with Gasteiger partial charge < -0.3 is 38.6 Å². The molecule has 3 aromatic rings. The van der Waals surface area contributed by atoms with Crippen LogP contribution in [-0.2, 0) is 11.3 Å². The van der Waals surface area contributed by atoms with Crippen LogP contribution in [0.1, 0.15) is 27.6 Å². The predicted molar refractivity (Wildman–Crippen MR) is 131 cm³/mol. The Hall–Kier alpha value is -3.95. The highest BCUT2D eigenvalue weighted by Crippen LogP contribution is 2.41. The Morgan fingerprint density at radius 1 is 0.833 bits per heavy atom. The molecule has 0 unspecified atom stereocenters. The molecule has 0 heterocycles. The number of carbonyl (C=O) groups excluding carboxylic acids is 1. The topological polar surface area (TPSA) is 113 Å². The highest BCUT2D eigenvalue weighted by Gasteiger charge is 2.27. The molecule has 2 atom stereocenters. The van der Waals surface area contributed by atoms with E-state index in [1.54, 1.807) is 18.2 Å². The Bertz CT molecular complexity index is 1120. The summed E-state index contributed by atoms with van der Waals surface area (Å²) < 4.78 is 32.7. The Kier molecular flexibility index (Phi) is 9.38. The molecular weight excluding hydrogens is 468 g/mol. The van der Waals surface area contributed by atoms with E-state index in [4.69, 9.17) is 28.4 Å². The number of aliphatic hydroxyl groups is 2. The smallest absolute Gasteiger partial charge is 0.338 e. The predicted octanol–water partition coefficient (Wildman–Crippen LogP) is 3.55. The summed E-state index contributed by atoms with van der Waals surface area (Å²) in [6, 6.07) is 17.5. The second kappa shape index (κ2) is 12.7. The van der Waals surface area contributed by atoms with Crippen molar-refractivity contribution in [1.82, 2.24) is 0 Å². The fourth-order valence-corrected chi connectivity index (χ4v) is 3.52. The van der Waals surface area contributed by atoms with Crippen LogP contribution in [0.3, 0.4) is 0 Å². The summed E-state index contributed by atoms with van der Waals surface area (Å²) in [7, 11) is 5.55. The number of hydrogen-bond acceptors (Lipinski definition) is 9. The molecule has 0 aliphatic rings. The average molecular weight is 499 g/mol. The molecule has 0 bridgehead atoms. The zero-order valence-electron chi connectivity index (χ0n) is 20.6. The third kappa shape index (κ3) is 6.18. The maximum atomic E-state index is 12.0. The quantitative estimate of drug-likeness (QED) is 0.362. The monoisotopic (exact) mass is 498 g/mol. The third-order valence-electron chi connectivity index (χ3n) is 5.45. The van der Waals surface area contributed by atoms with E-state index in [1.807, 2.05) is 30.3 Å². The van der Waals surface area contributed by atoms with Crippen LogP contribution in [0.15, 0.2) is 60.7 Å². The van der Waals surface area contributed by atoms with Crippen LogP contribution in [-0.4, -0.2) is 57.3 Å². The van der Waals surface area contributed by atoms with E-state index in [0.717, 1.165) is 5.56 Å². The maximum Gasteiger partial charge on any atom is 0.338 e. The third-order valence-corrected chi connectivity index (χ3v) is 5.45. The minimum absolute atomic E-state index is 0.112. The van der Waals surface area contributed by atoms with Crippen LogP contribution >= 0.6 is 0 Å². The van der Waals surface area contributed by atoms with E-state index in [0.29, 0.717) is 23.7 Å².